The summed E-state index contributed by atoms with van der Waals surface area (Å²) in [6.45, 7) is 0. The second-order valence-corrected chi connectivity index (χ2v) is 16.4. The highest BCUT2D eigenvalue weighted by atomic mass is 32.2. The molecule has 0 aromatic heterocycles. The van der Waals surface area contributed by atoms with Crippen LogP contribution >= 0.6 is 11.8 Å². The molecular formula is C55H39NS. The summed E-state index contributed by atoms with van der Waals surface area (Å²) in [4.78, 5) is 3.80. The van der Waals surface area contributed by atoms with Crippen LogP contribution < -0.4 is 4.90 Å². The number of nitrogens with zero attached hydrogens (tertiary/aromatic N) is 1. The fourth-order valence-electron chi connectivity index (χ4n) is 9.48. The maximum atomic E-state index is 2.42. The molecule has 0 saturated heterocycles. The van der Waals surface area contributed by atoms with Crippen LogP contribution in [0.4, 0.5) is 17.1 Å². The summed E-state index contributed by atoms with van der Waals surface area (Å²) in [6, 6.07) is 75.9. The molecule has 0 saturated carbocycles. The topological polar surface area (TPSA) is 3.24 Å². The molecule has 1 aliphatic heterocycles. The molecule has 0 spiro atoms. The van der Waals surface area contributed by atoms with Gasteiger partial charge in [0.15, 0.2) is 0 Å². The molecule has 0 N–H and O–H groups in total. The minimum absolute atomic E-state index is 0.438. The zero-order chi connectivity index (χ0) is 37.8. The van der Waals surface area contributed by atoms with Crippen LogP contribution in [-0.4, -0.2) is 5.25 Å². The fourth-order valence-corrected chi connectivity index (χ4v) is 10.8. The Kier molecular flexibility index (Phi) is 8.19. The Morgan fingerprint density at radius 2 is 1.00 bits per heavy atom. The van der Waals surface area contributed by atoms with Crippen LogP contribution in [0.1, 0.15) is 39.8 Å². The zero-order valence-electron chi connectivity index (χ0n) is 31.4. The molecule has 11 rings (SSSR count). The molecule has 270 valence electrons. The van der Waals surface area contributed by atoms with Crippen LogP contribution in [0, 0.1) is 0 Å². The summed E-state index contributed by atoms with van der Waals surface area (Å²) in [7, 11) is 0. The van der Waals surface area contributed by atoms with Crippen molar-refractivity contribution in [1.82, 2.24) is 0 Å². The van der Waals surface area contributed by atoms with Gasteiger partial charge in [0.1, 0.15) is 0 Å². The first-order chi connectivity index (χ1) is 28.3. The van der Waals surface area contributed by atoms with Crippen molar-refractivity contribution in [2.45, 2.75) is 22.0 Å². The van der Waals surface area contributed by atoms with E-state index in [2.05, 4.69) is 223 Å². The van der Waals surface area contributed by atoms with Crippen LogP contribution in [0.3, 0.4) is 0 Å². The third kappa shape index (κ3) is 5.55. The van der Waals surface area contributed by atoms with Crippen LogP contribution in [0.5, 0.6) is 0 Å². The SMILES string of the molecule is C1=C(c2ccc(N(c3ccc(C4(c5ccccc5)c5ccccc5-c5ccccc54)cc3)c3cccc(-c4ccccc4)c3)cc2)C=C2c3ccccc3SC2C1. The maximum Gasteiger partial charge on any atom is 0.0713 e. The fraction of sp³-hybridized carbons (Fsp3) is 0.0545. The number of allylic oxidation sites excluding steroid dienone is 3. The Morgan fingerprint density at radius 1 is 0.439 bits per heavy atom. The number of fused-ring (bicyclic) bond motifs is 6. The summed E-state index contributed by atoms with van der Waals surface area (Å²) < 4.78 is 0. The van der Waals surface area contributed by atoms with E-state index in [1.807, 2.05) is 11.8 Å². The van der Waals surface area contributed by atoms with Gasteiger partial charge in [-0.25, -0.2) is 0 Å². The number of hydrogen-bond acceptors (Lipinski definition) is 2. The molecule has 0 fully saturated rings. The van der Waals surface area contributed by atoms with E-state index in [0.29, 0.717) is 5.25 Å². The molecule has 1 heterocycles. The smallest absolute Gasteiger partial charge is 0.0713 e. The number of anilines is 3. The molecule has 2 aliphatic carbocycles. The lowest BCUT2D eigenvalue weighted by atomic mass is 9.68. The Morgan fingerprint density at radius 3 is 1.70 bits per heavy atom. The van der Waals surface area contributed by atoms with Crippen molar-refractivity contribution in [2.75, 3.05) is 4.90 Å². The predicted molar refractivity (Wildman–Crippen MR) is 241 cm³/mol. The van der Waals surface area contributed by atoms with Crippen molar-refractivity contribution in [3.05, 3.63) is 252 Å². The third-order valence-corrected chi connectivity index (χ3v) is 13.4. The van der Waals surface area contributed by atoms with Gasteiger partial charge in [0.2, 0.25) is 0 Å². The van der Waals surface area contributed by atoms with E-state index in [-0.39, 0.29) is 0 Å². The van der Waals surface area contributed by atoms with Gasteiger partial charge in [0, 0.05) is 27.2 Å². The molecule has 1 atom stereocenters. The van der Waals surface area contributed by atoms with E-state index in [1.54, 1.807) is 0 Å². The van der Waals surface area contributed by atoms with Gasteiger partial charge in [-0.1, -0.05) is 170 Å². The van der Waals surface area contributed by atoms with Gasteiger partial charge < -0.3 is 4.90 Å². The van der Waals surface area contributed by atoms with Gasteiger partial charge in [-0.2, -0.15) is 0 Å². The van der Waals surface area contributed by atoms with E-state index < -0.39 is 5.41 Å². The third-order valence-electron chi connectivity index (χ3n) is 12.1. The molecule has 0 bridgehead atoms. The highest BCUT2D eigenvalue weighted by Gasteiger charge is 2.45. The van der Waals surface area contributed by atoms with E-state index in [4.69, 9.17) is 0 Å². The van der Waals surface area contributed by atoms with Crippen molar-refractivity contribution in [2.24, 2.45) is 0 Å². The molecule has 3 aliphatic rings. The molecule has 1 nitrogen and oxygen atoms in total. The molecule has 1 unspecified atom stereocenters. The highest BCUT2D eigenvalue weighted by Crippen LogP contribution is 2.56. The van der Waals surface area contributed by atoms with Gasteiger partial charge in [0.05, 0.1) is 5.41 Å². The Labute approximate surface area is 339 Å². The number of thioether (sulfide) groups is 1. The molecule has 57 heavy (non-hydrogen) atoms. The van der Waals surface area contributed by atoms with Crippen LogP contribution in [0.25, 0.3) is 33.4 Å². The first-order valence-electron chi connectivity index (χ1n) is 19.8. The highest BCUT2D eigenvalue weighted by molar-refractivity contribution is 8.00. The summed E-state index contributed by atoms with van der Waals surface area (Å²) in [6.07, 6.45) is 5.89. The summed E-state index contributed by atoms with van der Waals surface area (Å²) in [5, 5.41) is 0.507. The van der Waals surface area contributed by atoms with Crippen LogP contribution in [0.2, 0.25) is 0 Å². The molecule has 2 heteroatoms. The predicted octanol–water partition coefficient (Wildman–Crippen LogP) is 14.5. The quantitative estimate of drug-likeness (QED) is 0.160. The molecular weight excluding hydrogens is 707 g/mol. The molecule has 8 aromatic rings. The van der Waals surface area contributed by atoms with Gasteiger partial charge >= 0.3 is 0 Å². The standard InChI is InChI=1S/C55H39NS/c1-3-14-38(15-4-1)40-16-13-19-46(36-40)56(44-31-26-39(27-32-44)41-28-35-54-50(37-41)49-22-9-12-25-53(49)57-54)45-33-29-43(30-34-45)55(42-17-5-2-6-18-42)51-23-10-7-20-47(51)48-21-8-11-24-52(48)55/h1-34,36-37,54H,35H2. The van der Waals surface area contributed by atoms with Crippen molar-refractivity contribution < 1.29 is 0 Å². The summed E-state index contributed by atoms with van der Waals surface area (Å²) in [5.41, 5.74) is 18.5. The van der Waals surface area contributed by atoms with Crippen LogP contribution in [-0.2, 0) is 5.41 Å². The lowest BCUT2D eigenvalue weighted by molar-refractivity contribution is 0.768. The largest absolute Gasteiger partial charge is 0.310 e. The lowest BCUT2D eigenvalue weighted by Gasteiger charge is -2.34. The number of benzene rings is 8. The second-order valence-electron chi connectivity index (χ2n) is 15.2. The second kappa shape index (κ2) is 13.8. The summed E-state index contributed by atoms with van der Waals surface area (Å²) in [5.74, 6) is 0. The first kappa shape index (κ1) is 33.7. The average molecular weight is 746 g/mol. The Hall–Kier alpha value is -6.61. The molecule has 0 radical (unpaired) electrons. The van der Waals surface area contributed by atoms with Gasteiger partial charge in [-0.3, -0.25) is 0 Å². The zero-order valence-corrected chi connectivity index (χ0v) is 32.2. The number of rotatable bonds is 7. The van der Waals surface area contributed by atoms with Crippen LogP contribution in [0.15, 0.2) is 223 Å². The van der Waals surface area contributed by atoms with Crippen molar-refractivity contribution in [3.63, 3.8) is 0 Å². The van der Waals surface area contributed by atoms with Crippen molar-refractivity contribution in [1.29, 1.82) is 0 Å². The van der Waals surface area contributed by atoms with Gasteiger partial charge in [0.25, 0.3) is 0 Å². The van der Waals surface area contributed by atoms with Crippen molar-refractivity contribution >= 4 is 40.0 Å². The Bertz CT molecular complexity index is 2790. The normalized spacial score (nSPS) is 15.8. The van der Waals surface area contributed by atoms with Gasteiger partial charge in [-0.15, -0.1) is 11.8 Å². The van der Waals surface area contributed by atoms with E-state index in [1.165, 1.54) is 71.7 Å². The van der Waals surface area contributed by atoms with Crippen molar-refractivity contribution in [3.8, 4) is 22.3 Å². The number of hydrogen-bond donors (Lipinski definition) is 0. The van der Waals surface area contributed by atoms with E-state index in [9.17, 15) is 0 Å². The van der Waals surface area contributed by atoms with E-state index >= 15 is 0 Å². The minimum atomic E-state index is -0.438. The first-order valence-corrected chi connectivity index (χ1v) is 20.7. The molecule has 8 aromatic carbocycles. The Balaban J connectivity index is 1.03. The van der Waals surface area contributed by atoms with E-state index in [0.717, 1.165) is 23.5 Å². The monoisotopic (exact) mass is 745 g/mol. The van der Waals surface area contributed by atoms with Gasteiger partial charge in [-0.05, 0) is 122 Å². The minimum Gasteiger partial charge on any atom is -0.310 e. The molecule has 0 amide bonds. The average Bonchev–Trinajstić information content (AvgIpc) is 3.81. The lowest BCUT2D eigenvalue weighted by Crippen LogP contribution is -2.28. The summed E-state index contributed by atoms with van der Waals surface area (Å²) >= 11 is 2.00. The maximum absolute atomic E-state index is 2.42.